The summed E-state index contributed by atoms with van der Waals surface area (Å²) in [4.78, 5) is 10.1. The number of aryl methyl sites for hydroxylation is 1. The molecule has 3 rings (SSSR count). The Kier molecular flexibility index (Phi) is 6.29. The standard InChI is InChI=1S/C18H31N3O2S/c1-16-4-5-17(24-16)12-21-9-11-23-18(14-21)13-20(7-6-19(2)3)8-10-22-15-18/h4-5H,6-15H2,1-3H3/t18-/m1/s1. The summed E-state index contributed by atoms with van der Waals surface area (Å²) in [6.45, 7) is 11.6. The second kappa shape index (κ2) is 8.25. The Morgan fingerprint density at radius 3 is 2.71 bits per heavy atom. The average Bonchev–Trinajstić information content (AvgIpc) is 2.84. The van der Waals surface area contributed by atoms with Crippen molar-refractivity contribution in [2.45, 2.75) is 19.1 Å². The van der Waals surface area contributed by atoms with Crippen LogP contribution >= 0.6 is 11.3 Å². The Balaban J connectivity index is 1.61. The zero-order valence-corrected chi connectivity index (χ0v) is 16.1. The largest absolute Gasteiger partial charge is 0.377 e. The van der Waals surface area contributed by atoms with Gasteiger partial charge in [0.05, 0.1) is 19.8 Å². The van der Waals surface area contributed by atoms with E-state index in [1.807, 2.05) is 11.3 Å². The highest BCUT2D eigenvalue weighted by Gasteiger charge is 2.40. The lowest BCUT2D eigenvalue weighted by atomic mass is 10.0. The second-order valence-corrected chi connectivity index (χ2v) is 8.76. The molecule has 0 amide bonds. The molecule has 2 aliphatic heterocycles. The van der Waals surface area contributed by atoms with Gasteiger partial charge in [0.25, 0.3) is 0 Å². The number of hydrogen-bond acceptors (Lipinski definition) is 6. The molecule has 1 aromatic heterocycles. The number of ether oxygens (including phenoxy) is 2. The Morgan fingerprint density at radius 2 is 1.96 bits per heavy atom. The van der Waals surface area contributed by atoms with E-state index in [0.29, 0.717) is 6.61 Å². The van der Waals surface area contributed by atoms with Gasteiger partial charge in [-0.25, -0.2) is 0 Å². The number of thiophene rings is 1. The molecular weight excluding hydrogens is 322 g/mol. The summed E-state index contributed by atoms with van der Waals surface area (Å²) in [5, 5.41) is 0. The number of hydrogen-bond donors (Lipinski definition) is 0. The van der Waals surface area contributed by atoms with Gasteiger partial charge in [0.2, 0.25) is 0 Å². The van der Waals surface area contributed by atoms with Crippen molar-refractivity contribution in [2.75, 3.05) is 73.2 Å². The van der Waals surface area contributed by atoms with E-state index in [1.165, 1.54) is 9.75 Å². The van der Waals surface area contributed by atoms with Crippen LogP contribution in [0.5, 0.6) is 0 Å². The van der Waals surface area contributed by atoms with Gasteiger partial charge in [-0.05, 0) is 33.2 Å². The number of morpholine rings is 1. The summed E-state index contributed by atoms with van der Waals surface area (Å²) < 4.78 is 12.2. The van der Waals surface area contributed by atoms with Crippen LogP contribution in [-0.2, 0) is 16.0 Å². The van der Waals surface area contributed by atoms with Crippen molar-refractivity contribution in [3.05, 3.63) is 21.9 Å². The zero-order chi connectivity index (χ0) is 17.0. The third-order valence-electron chi connectivity index (χ3n) is 4.80. The molecule has 0 aliphatic carbocycles. The molecule has 0 N–H and O–H groups in total. The molecule has 0 radical (unpaired) electrons. The van der Waals surface area contributed by atoms with Crippen LogP contribution in [0, 0.1) is 6.92 Å². The molecule has 1 atom stereocenters. The van der Waals surface area contributed by atoms with Crippen molar-refractivity contribution in [1.82, 2.24) is 14.7 Å². The van der Waals surface area contributed by atoms with Crippen molar-refractivity contribution in [3.8, 4) is 0 Å². The zero-order valence-electron chi connectivity index (χ0n) is 15.3. The Morgan fingerprint density at radius 1 is 1.17 bits per heavy atom. The molecule has 2 fully saturated rings. The topological polar surface area (TPSA) is 28.2 Å². The maximum atomic E-state index is 6.28. The summed E-state index contributed by atoms with van der Waals surface area (Å²) in [5.74, 6) is 0. The van der Waals surface area contributed by atoms with Gasteiger partial charge >= 0.3 is 0 Å². The first kappa shape index (κ1) is 18.3. The first-order valence-corrected chi connectivity index (χ1v) is 9.73. The van der Waals surface area contributed by atoms with Gasteiger partial charge in [-0.2, -0.15) is 0 Å². The fraction of sp³-hybridized carbons (Fsp3) is 0.778. The van der Waals surface area contributed by atoms with Crippen LogP contribution in [0.1, 0.15) is 9.75 Å². The molecular formula is C18H31N3O2S. The maximum Gasteiger partial charge on any atom is 0.117 e. The fourth-order valence-electron chi connectivity index (χ4n) is 3.55. The SMILES string of the molecule is Cc1ccc(CN2CCO[C@@]3(COCCN(CCN(C)C)C3)C2)s1. The summed E-state index contributed by atoms with van der Waals surface area (Å²) in [5.41, 5.74) is -0.173. The Bertz CT molecular complexity index is 522. The first-order chi connectivity index (χ1) is 11.5. The van der Waals surface area contributed by atoms with Crippen LogP contribution in [-0.4, -0.2) is 93.5 Å². The van der Waals surface area contributed by atoms with Gasteiger partial charge in [-0.1, -0.05) is 0 Å². The van der Waals surface area contributed by atoms with E-state index in [9.17, 15) is 0 Å². The maximum absolute atomic E-state index is 6.28. The van der Waals surface area contributed by atoms with Gasteiger partial charge in [0.15, 0.2) is 0 Å². The van der Waals surface area contributed by atoms with Gasteiger partial charge in [0.1, 0.15) is 5.60 Å². The summed E-state index contributed by atoms with van der Waals surface area (Å²) in [7, 11) is 4.26. The molecule has 0 aromatic carbocycles. The van der Waals surface area contributed by atoms with E-state index in [-0.39, 0.29) is 5.60 Å². The summed E-state index contributed by atoms with van der Waals surface area (Å²) in [6.07, 6.45) is 0. The van der Waals surface area contributed by atoms with E-state index < -0.39 is 0 Å². The second-order valence-electron chi connectivity index (χ2n) is 7.39. The minimum absolute atomic E-state index is 0.173. The molecule has 3 heterocycles. The molecule has 6 heteroatoms. The predicted molar refractivity (Wildman–Crippen MR) is 98.8 cm³/mol. The highest BCUT2D eigenvalue weighted by atomic mass is 32.1. The highest BCUT2D eigenvalue weighted by Crippen LogP contribution is 2.25. The van der Waals surface area contributed by atoms with Crippen molar-refractivity contribution in [1.29, 1.82) is 0 Å². The van der Waals surface area contributed by atoms with E-state index in [4.69, 9.17) is 9.47 Å². The lowest BCUT2D eigenvalue weighted by Crippen LogP contribution is -2.58. The number of nitrogens with zero attached hydrogens (tertiary/aromatic N) is 3. The lowest BCUT2D eigenvalue weighted by molar-refractivity contribution is -0.143. The normalized spacial score (nSPS) is 27.0. The minimum Gasteiger partial charge on any atom is -0.377 e. The molecule has 0 bridgehead atoms. The van der Waals surface area contributed by atoms with Gasteiger partial charge in [-0.15, -0.1) is 11.3 Å². The highest BCUT2D eigenvalue weighted by molar-refractivity contribution is 7.11. The van der Waals surface area contributed by atoms with E-state index >= 15 is 0 Å². The number of rotatable bonds is 5. The number of likely N-dealkylation sites (N-methyl/N-ethyl adjacent to an activating group) is 1. The molecule has 1 spiro atoms. The Labute approximate surface area is 150 Å². The third-order valence-corrected chi connectivity index (χ3v) is 5.78. The van der Waals surface area contributed by atoms with Crippen molar-refractivity contribution < 1.29 is 9.47 Å². The molecule has 0 unspecified atom stereocenters. The van der Waals surface area contributed by atoms with Crippen LogP contribution in [0.25, 0.3) is 0 Å². The van der Waals surface area contributed by atoms with E-state index in [1.54, 1.807) is 0 Å². The van der Waals surface area contributed by atoms with Gasteiger partial charge < -0.3 is 14.4 Å². The molecule has 2 saturated heterocycles. The van der Waals surface area contributed by atoms with Gasteiger partial charge in [0, 0.05) is 55.6 Å². The molecule has 136 valence electrons. The minimum atomic E-state index is -0.173. The quantitative estimate of drug-likeness (QED) is 0.800. The lowest BCUT2D eigenvalue weighted by Gasteiger charge is -2.43. The average molecular weight is 354 g/mol. The summed E-state index contributed by atoms with van der Waals surface area (Å²) >= 11 is 1.90. The van der Waals surface area contributed by atoms with Crippen LogP contribution in [0.2, 0.25) is 0 Å². The monoisotopic (exact) mass is 353 g/mol. The molecule has 1 aromatic rings. The Hall–Kier alpha value is -0.500. The van der Waals surface area contributed by atoms with Crippen molar-refractivity contribution in [3.63, 3.8) is 0 Å². The van der Waals surface area contributed by atoms with E-state index in [2.05, 4.69) is 47.9 Å². The molecule has 24 heavy (non-hydrogen) atoms. The van der Waals surface area contributed by atoms with Crippen molar-refractivity contribution >= 4 is 11.3 Å². The molecule has 2 aliphatic rings. The molecule has 5 nitrogen and oxygen atoms in total. The van der Waals surface area contributed by atoms with Crippen molar-refractivity contribution in [2.24, 2.45) is 0 Å². The summed E-state index contributed by atoms with van der Waals surface area (Å²) in [6, 6.07) is 4.48. The van der Waals surface area contributed by atoms with E-state index in [0.717, 1.165) is 59.0 Å². The fourth-order valence-corrected chi connectivity index (χ4v) is 4.48. The third kappa shape index (κ3) is 5.00. The van der Waals surface area contributed by atoms with Crippen LogP contribution in [0.4, 0.5) is 0 Å². The van der Waals surface area contributed by atoms with Crippen LogP contribution in [0.3, 0.4) is 0 Å². The van der Waals surface area contributed by atoms with Crippen LogP contribution < -0.4 is 0 Å². The smallest absolute Gasteiger partial charge is 0.117 e. The van der Waals surface area contributed by atoms with Gasteiger partial charge in [-0.3, -0.25) is 9.80 Å². The predicted octanol–water partition coefficient (Wildman–Crippen LogP) is 1.52. The molecule has 0 saturated carbocycles. The first-order valence-electron chi connectivity index (χ1n) is 8.91. The van der Waals surface area contributed by atoms with Crippen LogP contribution in [0.15, 0.2) is 12.1 Å².